The van der Waals surface area contributed by atoms with Gasteiger partial charge in [0.1, 0.15) is 5.69 Å². The summed E-state index contributed by atoms with van der Waals surface area (Å²) in [5, 5.41) is 0.497. The maximum absolute atomic E-state index is 5.69. The van der Waals surface area contributed by atoms with E-state index in [0.717, 1.165) is 4.47 Å². The molecule has 1 aromatic heterocycles. The van der Waals surface area contributed by atoms with E-state index in [1.54, 1.807) is 12.3 Å². The maximum atomic E-state index is 5.69. The molecule has 0 aliphatic heterocycles. The van der Waals surface area contributed by atoms with Gasteiger partial charge in [-0.25, -0.2) is 4.98 Å². The first-order valence-corrected chi connectivity index (χ1v) is 3.69. The number of pyridine rings is 1. The molecular weight excluding hydrogens is 213 g/mol. The second kappa shape index (κ2) is 3.05. The summed E-state index contributed by atoms with van der Waals surface area (Å²) in [6.45, 7) is 0. The van der Waals surface area contributed by atoms with E-state index in [-0.39, 0.29) is 0 Å². The Labute approximate surface area is 72.6 Å². The van der Waals surface area contributed by atoms with Gasteiger partial charge < -0.3 is 0 Å². The van der Waals surface area contributed by atoms with Gasteiger partial charge in [-0.2, -0.15) is 0 Å². The van der Waals surface area contributed by atoms with E-state index in [2.05, 4.69) is 26.8 Å². The number of aromatic nitrogens is 1. The van der Waals surface area contributed by atoms with Crippen molar-refractivity contribution < 1.29 is 0 Å². The second-order valence-electron chi connectivity index (χ2n) is 1.63. The summed E-state index contributed by atoms with van der Waals surface area (Å²) in [5.41, 5.74) is 0.477. The molecule has 50 valence electrons. The van der Waals surface area contributed by atoms with E-state index in [9.17, 15) is 0 Å². The van der Waals surface area contributed by atoms with Crippen LogP contribution in [-0.4, -0.2) is 4.98 Å². The Hall–Kier alpha value is -0.520. The van der Waals surface area contributed by atoms with Crippen molar-refractivity contribution in [2.24, 2.45) is 0 Å². The molecule has 0 radical (unpaired) electrons. The molecule has 1 aromatic rings. The van der Waals surface area contributed by atoms with Crippen LogP contribution in [-0.2, 0) is 0 Å². The summed E-state index contributed by atoms with van der Waals surface area (Å²) in [5.74, 6) is 2.36. The normalized spacial score (nSPS) is 8.90. The fourth-order valence-electron chi connectivity index (χ4n) is 0.521. The van der Waals surface area contributed by atoms with Crippen LogP contribution in [0.4, 0.5) is 0 Å². The summed E-state index contributed by atoms with van der Waals surface area (Å²) in [6.07, 6.45) is 6.70. The van der Waals surface area contributed by atoms with E-state index < -0.39 is 0 Å². The van der Waals surface area contributed by atoms with Crippen LogP contribution < -0.4 is 0 Å². The lowest BCUT2D eigenvalue weighted by Gasteiger charge is -1.93. The van der Waals surface area contributed by atoms with Crippen molar-refractivity contribution in [3.63, 3.8) is 0 Å². The third kappa shape index (κ3) is 1.50. The third-order valence-electron chi connectivity index (χ3n) is 0.945. The Morgan fingerprint density at radius 2 is 2.40 bits per heavy atom. The maximum Gasteiger partial charge on any atom is 0.131 e. The summed E-state index contributed by atoms with van der Waals surface area (Å²) >= 11 is 8.90. The highest BCUT2D eigenvalue weighted by Gasteiger charge is 1.97. The number of rotatable bonds is 0. The van der Waals surface area contributed by atoms with Crippen LogP contribution in [0.15, 0.2) is 16.7 Å². The van der Waals surface area contributed by atoms with Gasteiger partial charge in [-0.05, 0) is 27.9 Å². The van der Waals surface area contributed by atoms with E-state index in [1.807, 2.05) is 0 Å². The summed E-state index contributed by atoms with van der Waals surface area (Å²) in [4.78, 5) is 3.88. The average molecular weight is 216 g/mol. The lowest BCUT2D eigenvalue weighted by Crippen LogP contribution is -1.81. The molecule has 3 heteroatoms. The molecule has 0 saturated heterocycles. The Morgan fingerprint density at radius 1 is 1.70 bits per heavy atom. The first kappa shape index (κ1) is 7.59. The standard InChI is InChI=1S/C7H3BrClN/c1-2-7-6(9)3-5(8)4-10-7/h1,3-4H. The van der Waals surface area contributed by atoms with Gasteiger partial charge >= 0.3 is 0 Å². The smallest absolute Gasteiger partial charge is 0.131 e. The highest BCUT2D eigenvalue weighted by atomic mass is 79.9. The number of terminal acetylenes is 1. The monoisotopic (exact) mass is 215 g/mol. The molecule has 0 aromatic carbocycles. The Bertz CT molecular complexity index is 290. The Morgan fingerprint density at radius 3 is 2.90 bits per heavy atom. The number of hydrogen-bond acceptors (Lipinski definition) is 1. The topological polar surface area (TPSA) is 12.9 Å². The van der Waals surface area contributed by atoms with Gasteiger partial charge in [-0.15, -0.1) is 6.42 Å². The van der Waals surface area contributed by atoms with Gasteiger partial charge in [-0.1, -0.05) is 11.6 Å². The predicted molar refractivity (Wildman–Crippen MR) is 44.9 cm³/mol. The van der Waals surface area contributed by atoms with Gasteiger partial charge in [0, 0.05) is 10.7 Å². The zero-order valence-electron chi connectivity index (χ0n) is 4.94. The van der Waals surface area contributed by atoms with Crippen molar-refractivity contribution in [2.75, 3.05) is 0 Å². The van der Waals surface area contributed by atoms with Crippen LogP contribution in [0.2, 0.25) is 5.02 Å². The van der Waals surface area contributed by atoms with Crippen molar-refractivity contribution >= 4 is 27.5 Å². The van der Waals surface area contributed by atoms with Gasteiger partial charge in [0.05, 0.1) is 5.02 Å². The molecule has 0 aliphatic carbocycles. The van der Waals surface area contributed by atoms with Crippen molar-refractivity contribution in [1.29, 1.82) is 0 Å². The molecule has 0 fully saturated rings. The molecule has 0 N–H and O–H groups in total. The zero-order chi connectivity index (χ0) is 7.56. The highest BCUT2D eigenvalue weighted by Crippen LogP contribution is 2.17. The quantitative estimate of drug-likeness (QED) is 0.607. The largest absolute Gasteiger partial charge is 0.245 e. The van der Waals surface area contributed by atoms with Crippen molar-refractivity contribution in [2.45, 2.75) is 0 Å². The van der Waals surface area contributed by atoms with Crippen molar-refractivity contribution in [1.82, 2.24) is 4.98 Å². The molecule has 0 bridgehead atoms. The molecule has 0 amide bonds. The van der Waals surface area contributed by atoms with Gasteiger partial charge in [0.25, 0.3) is 0 Å². The molecule has 1 rings (SSSR count). The first-order chi connectivity index (χ1) is 4.74. The van der Waals surface area contributed by atoms with E-state index in [1.165, 1.54) is 0 Å². The van der Waals surface area contributed by atoms with E-state index in [4.69, 9.17) is 18.0 Å². The third-order valence-corrected chi connectivity index (χ3v) is 1.67. The molecule has 1 nitrogen and oxygen atoms in total. The minimum Gasteiger partial charge on any atom is -0.245 e. The fraction of sp³-hybridized carbons (Fsp3) is 0. The Balaban J connectivity index is 3.23. The van der Waals surface area contributed by atoms with Crippen LogP contribution in [0.25, 0.3) is 0 Å². The van der Waals surface area contributed by atoms with Crippen molar-refractivity contribution in [3.05, 3.63) is 27.5 Å². The van der Waals surface area contributed by atoms with Crippen LogP contribution in [0.5, 0.6) is 0 Å². The summed E-state index contributed by atoms with van der Waals surface area (Å²) in [7, 11) is 0. The molecule has 1 heterocycles. The fourth-order valence-corrected chi connectivity index (χ4v) is 1.20. The van der Waals surface area contributed by atoms with Gasteiger partial charge in [0.2, 0.25) is 0 Å². The highest BCUT2D eigenvalue weighted by molar-refractivity contribution is 9.10. The molecule has 0 atom stereocenters. The molecule has 0 unspecified atom stereocenters. The van der Waals surface area contributed by atoms with Gasteiger partial charge in [0.15, 0.2) is 0 Å². The molecule has 0 aliphatic rings. The van der Waals surface area contributed by atoms with Gasteiger partial charge in [-0.3, -0.25) is 0 Å². The molecular formula is C7H3BrClN. The zero-order valence-corrected chi connectivity index (χ0v) is 7.28. The summed E-state index contributed by atoms with van der Waals surface area (Å²) in [6, 6.07) is 1.71. The SMILES string of the molecule is C#Cc1ncc(Br)cc1Cl. The Kier molecular flexibility index (Phi) is 2.31. The number of halogens is 2. The minimum absolute atomic E-state index is 0.477. The molecule has 10 heavy (non-hydrogen) atoms. The lowest BCUT2D eigenvalue weighted by atomic mass is 10.4. The molecule has 0 saturated carbocycles. The van der Waals surface area contributed by atoms with Crippen LogP contribution in [0.3, 0.4) is 0 Å². The average Bonchev–Trinajstić information content (AvgIpc) is 1.88. The second-order valence-corrected chi connectivity index (χ2v) is 2.95. The van der Waals surface area contributed by atoms with E-state index in [0.29, 0.717) is 10.7 Å². The predicted octanol–water partition coefficient (Wildman–Crippen LogP) is 2.48. The van der Waals surface area contributed by atoms with Crippen molar-refractivity contribution in [3.8, 4) is 12.3 Å². The van der Waals surface area contributed by atoms with E-state index >= 15 is 0 Å². The minimum atomic E-state index is 0.477. The first-order valence-electron chi connectivity index (χ1n) is 2.51. The number of nitrogens with zero attached hydrogens (tertiary/aromatic N) is 1. The van der Waals surface area contributed by atoms with Crippen LogP contribution in [0.1, 0.15) is 5.69 Å². The summed E-state index contributed by atoms with van der Waals surface area (Å²) < 4.78 is 0.830. The number of hydrogen-bond donors (Lipinski definition) is 0. The van der Waals surface area contributed by atoms with Crippen LogP contribution in [0, 0.1) is 12.3 Å². The lowest BCUT2D eigenvalue weighted by molar-refractivity contribution is 1.27. The molecule has 0 spiro atoms. The van der Waals surface area contributed by atoms with Crippen LogP contribution >= 0.6 is 27.5 Å².